The second-order valence-electron chi connectivity index (χ2n) is 5.06. The molecule has 0 aromatic heterocycles. The summed E-state index contributed by atoms with van der Waals surface area (Å²) in [4.78, 5) is 14.0. The van der Waals surface area contributed by atoms with Gasteiger partial charge in [0.25, 0.3) is 0 Å². The molecule has 2 atom stereocenters. The summed E-state index contributed by atoms with van der Waals surface area (Å²) in [5, 5.41) is 3.91. The molecule has 104 valence electrons. The lowest BCUT2D eigenvalue weighted by atomic mass is 10.1. The Morgan fingerprint density at radius 3 is 2.89 bits per heavy atom. The van der Waals surface area contributed by atoms with E-state index in [9.17, 15) is 4.79 Å². The molecule has 1 saturated heterocycles. The Labute approximate surface area is 119 Å². The molecule has 0 aliphatic carbocycles. The molecular weight excluding hydrogens is 256 g/mol. The summed E-state index contributed by atoms with van der Waals surface area (Å²) in [6.45, 7) is 5.59. The first-order valence-corrected chi connectivity index (χ1v) is 8.03. The van der Waals surface area contributed by atoms with Gasteiger partial charge < -0.3 is 4.90 Å². The second-order valence-corrected chi connectivity index (χ2v) is 6.34. The van der Waals surface area contributed by atoms with E-state index >= 15 is 0 Å². The number of hydrogen-bond donors (Lipinski definition) is 1. The van der Waals surface area contributed by atoms with Crippen LogP contribution in [0.1, 0.15) is 30.6 Å². The van der Waals surface area contributed by atoms with Gasteiger partial charge in [-0.2, -0.15) is 11.8 Å². The van der Waals surface area contributed by atoms with E-state index in [4.69, 9.17) is 0 Å². The van der Waals surface area contributed by atoms with Crippen molar-refractivity contribution in [2.24, 2.45) is 0 Å². The van der Waals surface area contributed by atoms with Gasteiger partial charge in [-0.15, -0.1) is 0 Å². The Hall–Kier alpha value is -1.00. The Morgan fingerprint density at radius 1 is 1.47 bits per heavy atom. The van der Waals surface area contributed by atoms with E-state index < -0.39 is 0 Å². The number of thioether (sulfide) groups is 1. The highest BCUT2D eigenvalue weighted by Crippen LogP contribution is 2.26. The van der Waals surface area contributed by atoms with Gasteiger partial charge in [0, 0.05) is 11.8 Å². The van der Waals surface area contributed by atoms with Crippen molar-refractivity contribution >= 4 is 17.7 Å². The Bertz CT molecular complexity index is 450. The van der Waals surface area contributed by atoms with Crippen molar-refractivity contribution in [1.29, 1.82) is 0 Å². The highest BCUT2D eigenvalue weighted by Gasteiger charge is 2.31. The third-order valence-electron chi connectivity index (χ3n) is 3.74. The average molecular weight is 278 g/mol. The van der Waals surface area contributed by atoms with Crippen LogP contribution in [0.25, 0.3) is 0 Å². The maximum absolute atomic E-state index is 12.0. The van der Waals surface area contributed by atoms with E-state index in [1.54, 1.807) is 0 Å². The van der Waals surface area contributed by atoms with E-state index in [0.717, 1.165) is 13.0 Å². The smallest absolute Gasteiger partial charge is 0.238 e. The Kier molecular flexibility index (Phi) is 4.88. The molecule has 0 saturated carbocycles. The fraction of sp³-hybridized carbons (Fsp3) is 0.533. The summed E-state index contributed by atoms with van der Waals surface area (Å²) in [6.07, 6.45) is 3.20. The van der Waals surface area contributed by atoms with Crippen molar-refractivity contribution in [3.05, 3.63) is 35.4 Å². The van der Waals surface area contributed by atoms with Gasteiger partial charge in [0.1, 0.15) is 6.17 Å². The number of carbonyl (C=O) groups excluding carboxylic acids is 1. The maximum Gasteiger partial charge on any atom is 0.238 e. The number of rotatable bonds is 5. The van der Waals surface area contributed by atoms with Gasteiger partial charge in [-0.3, -0.25) is 10.1 Å². The van der Waals surface area contributed by atoms with Gasteiger partial charge in [-0.25, -0.2) is 0 Å². The van der Waals surface area contributed by atoms with Crippen molar-refractivity contribution in [3.63, 3.8) is 0 Å². The molecule has 2 rings (SSSR count). The lowest BCUT2D eigenvalue weighted by Gasteiger charge is -2.26. The Balaban J connectivity index is 2.11. The Morgan fingerprint density at radius 2 is 2.21 bits per heavy atom. The van der Waals surface area contributed by atoms with Crippen LogP contribution in [0, 0.1) is 6.92 Å². The molecule has 3 nitrogen and oxygen atoms in total. The molecule has 4 heteroatoms. The van der Waals surface area contributed by atoms with Crippen molar-refractivity contribution in [2.45, 2.75) is 31.7 Å². The maximum atomic E-state index is 12.0. The van der Waals surface area contributed by atoms with Gasteiger partial charge in [0.15, 0.2) is 0 Å². The summed E-state index contributed by atoms with van der Waals surface area (Å²) in [7, 11) is 0. The van der Waals surface area contributed by atoms with Crippen molar-refractivity contribution in [2.75, 3.05) is 19.3 Å². The number of nitrogens with zero attached hydrogens (tertiary/aromatic N) is 1. The molecule has 1 N–H and O–H groups in total. The third-order valence-corrected chi connectivity index (χ3v) is 4.78. The predicted molar refractivity (Wildman–Crippen MR) is 81.2 cm³/mol. The van der Waals surface area contributed by atoms with E-state index in [0.29, 0.717) is 11.8 Å². The zero-order valence-electron chi connectivity index (χ0n) is 11.8. The van der Waals surface area contributed by atoms with E-state index in [1.807, 2.05) is 28.8 Å². The molecule has 0 spiro atoms. The quantitative estimate of drug-likeness (QED) is 0.898. The molecule has 1 amide bonds. The van der Waals surface area contributed by atoms with Gasteiger partial charge in [-0.1, -0.05) is 31.2 Å². The summed E-state index contributed by atoms with van der Waals surface area (Å²) < 4.78 is 0. The van der Waals surface area contributed by atoms with Crippen LogP contribution >= 0.6 is 11.8 Å². The molecule has 1 aliphatic rings. The van der Waals surface area contributed by atoms with Crippen LogP contribution in [0.3, 0.4) is 0 Å². The van der Waals surface area contributed by atoms with Gasteiger partial charge in [0.05, 0.1) is 6.54 Å². The highest BCUT2D eigenvalue weighted by atomic mass is 32.2. The van der Waals surface area contributed by atoms with Gasteiger partial charge in [0.2, 0.25) is 5.91 Å². The number of nitrogens with one attached hydrogen (secondary N) is 1. The number of aryl methyl sites for hydroxylation is 1. The number of amides is 1. The molecule has 19 heavy (non-hydrogen) atoms. The normalized spacial score (nSPS) is 20.9. The fourth-order valence-electron chi connectivity index (χ4n) is 2.40. The second kappa shape index (κ2) is 6.44. The first-order chi connectivity index (χ1) is 9.13. The van der Waals surface area contributed by atoms with Gasteiger partial charge in [-0.05, 0) is 30.7 Å². The highest BCUT2D eigenvalue weighted by molar-refractivity contribution is 7.99. The van der Waals surface area contributed by atoms with Gasteiger partial charge >= 0.3 is 0 Å². The van der Waals surface area contributed by atoms with Crippen molar-refractivity contribution in [1.82, 2.24) is 10.2 Å². The fourth-order valence-corrected chi connectivity index (χ4v) is 2.74. The zero-order valence-corrected chi connectivity index (χ0v) is 12.7. The minimum Gasteiger partial charge on any atom is -0.322 e. The zero-order chi connectivity index (χ0) is 13.8. The molecular formula is C15H22N2OS. The minimum atomic E-state index is 0.0442. The van der Waals surface area contributed by atoms with E-state index in [-0.39, 0.29) is 12.1 Å². The van der Waals surface area contributed by atoms with Crippen LogP contribution in [0.5, 0.6) is 0 Å². The SMILES string of the molecule is CSC(C)CCN1C(=O)CNC1c1ccccc1C. The largest absolute Gasteiger partial charge is 0.322 e. The predicted octanol–water partition coefficient (Wildman–Crippen LogP) is 2.57. The van der Waals surface area contributed by atoms with Crippen LogP contribution in [0.4, 0.5) is 0 Å². The summed E-state index contributed by atoms with van der Waals surface area (Å²) in [5.41, 5.74) is 2.45. The van der Waals surface area contributed by atoms with Crippen LogP contribution in [0.15, 0.2) is 24.3 Å². The molecule has 2 unspecified atom stereocenters. The van der Waals surface area contributed by atoms with Crippen molar-refractivity contribution < 1.29 is 4.79 Å². The number of hydrogen-bond acceptors (Lipinski definition) is 3. The topological polar surface area (TPSA) is 32.3 Å². The van der Waals surface area contributed by atoms with Crippen LogP contribution in [-0.2, 0) is 4.79 Å². The molecule has 1 aromatic carbocycles. The molecule has 0 radical (unpaired) electrons. The molecule has 1 aromatic rings. The van der Waals surface area contributed by atoms with E-state index in [2.05, 4.69) is 37.6 Å². The summed E-state index contributed by atoms with van der Waals surface area (Å²) in [5.74, 6) is 0.210. The lowest BCUT2D eigenvalue weighted by Crippen LogP contribution is -2.32. The molecule has 1 fully saturated rings. The third kappa shape index (κ3) is 3.31. The van der Waals surface area contributed by atoms with Crippen LogP contribution in [-0.4, -0.2) is 35.4 Å². The first kappa shape index (κ1) is 14.4. The molecule has 0 bridgehead atoms. The number of carbonyl (C=O) groups is 1. The summed E-state index contributed by atoms with van der Waals surface area (Å²) in [6, 6.07) is 8.28. The number of benzene rings is 1. The minimum absolute atomic E-state index is 0.0442. The summed E-state index contributed by atoms with van der Waals surface area (Å²) >= 11 is 1.85. The van der Waals surface area contributed by atoms with Crippen molar-refractivity contribution in [3.8, 4) is 0 Å². The molecule has 1 heterocycles. The van der Waals surface area contributed by atoms with Crippen LogP contribution in [0.2, 0.25) is 0 Å². The molecule has 1 aliphatic heterocycles. The standard InChI is InChI=1S/C15H22N2OS/c1-11-6-4-5-7-13(11)15-16-10-14(18)17(15)9-8-12(2)19-3/h4-7,12,15-16H,8-10H2,1-3H3. The van der Waals surface area contributed by atoms with Crippen LogP contribution < -0.4 is 5.32 Å². The average Bonchev–Trinajstić information content (AvgIpc) is 2.78. The lowest BCUT2D eigenvalue weighted by molar-refractivity contribution is -0.128. The monoisotopic (exact) mass is 278 g/mol. The first-order valence-electron chi connectivity index (χ1n) is 6.74. The van der Waals surface area contributed by atoms with E-state index in [1.165, 1.54) is 11.1 Å².